The minimum atomic E-state index is -0.259. The van der Waals surface area contributed by atoms with Crippen LogP contribution in [0.1, 0.15) is 47.3 Å². The van der Waals surface area contributed by atoms with Gasteiger partial charge in [0.1, 0.15) is 21.6 Å². The zero-order valence-corrected chi connectivity index (χ0v) is 14.2. The van der Waals surface area contributed by atoms with Crippen molar-refractivity contribution in [2.75, 3.05) is 12.4 Å². The van der Waals surface area contributed by atoms with Crippen molar-refractivity contribution < 1.29 is 9.53 Å². The number of nitrogens with one attached hydrogen (secondary N) is 1. The maximum absolute atomic E-state index is 12.5. The highest BCUT2D eigenvalue weighted by atomic mass is 35.5. The predicted molar refractivity (Wildman–Crippen MR) is 89.0 cm³/mol. The molecule has 1 fully saturated rings. The molecule has 3 rings (SSSR count). The minimum Gasteiger partial charge on any atom is -0.458 e. The first-order valence-corrected chi connectivity index (χ1v) is 8.65. The zero-order chi connectivity index (χ0) is 15.7. The highest BCUT2D eigenvalue weighted by molar-refractivity contribution is 7.20. The van der Waals surface area contributed by atoms with Crippen molar-refractivity contribution in [1.82, 2.24) is 9.97 Å². The Hall–Kier alpha value is -1.40. The van der Waals surface area contributed by atoms with E-state index in [1.165, 1.54) is 17.8 Å². The number of fused-ring (bicyclic) bond motifs is 1. The van der Waals surface area contributed by atoms with Gasteiger partial charge in [-0.2, -0.15) is 0 Å². The Balaban J connectivity index is 1.93. The van der Waals surface area contributed by atoms with Crippen LogP contribution >= 0.6 is 22.9 Å². The van der Waals surface area contributed by atoms with Gasteiger partial charge in [-0.3, -0.25) is 0 Å². The molecule has 2 aromatic rings. The summed E-state index contributed by atoms with van der Waals surface area (Å²) in [6.07, 6.45) is 5.47. The summed E-state index contributed by atoms with van der Waals surface area (Å²) < 4.78 is 5.66. The summed E-state index contributed by atoms with van der Waals surface area (Å²) in [5, 5.41) is 4.02. The van der Waals surface area contributed by atoms with E-state index in [1.54, 1.807) is 7.05 Å². The first-order chi connectivity index (χ1) is 10.6. The molecular weight excluding hydrogens is 322 g/mol. The van der Waals surface area contributed by atoms with Crippen LogP contribution in [-0.2, 0) is 4.74 Å². The molecule has 22 heavy (non-hydrogen) atoms. The van der Waals surface area contributed by atoms with E-state index in [4.69, 9.17) is 16.3 Å². The van der Waals surface area contributed by atoms with E-state index in [0.29, 0.717) is 15.5 Å². The quantitative estimate of drug-likeness (QED) is 0.671. The predicted octanol–water partition coefficient (Wildman–Crippen LogP) is 4.18. The van der Waals surface area contributed by atoms with Crippen molar-refractivity contribution in [1.29, 1.82) is 0 Å². The van der Waals surface area contributed by atoms with Gasteiger partial charge in [-0.1, -0.05) is 6.42 Å². The second kappa shape index (κ2) is 6.38. The molecule has 118 valence electrons. The lowest BCUT2D eigenvalue weighted by Crippen LogP contribution is -2.20. The van der Waals surface area contributed by atoms with E-state index in [-0.39, 0.29) is 17.4 Å². The Morgan fingerprint density at radius 1 is 1.32 bits per heavy atom. The lowest BCUT2D eigenvalue weighted by Gasteiger charge is -2.21. The lowest BCUT2D eigenvalue weighted by atomic mass is 9.98. The fourth-order valence-electron chi connectivity index (χ4n) is 2.88. The Morgan fingerprint density at radius 2 is 2.05 bits per heavy atom. The van der Waals surface area contributed by atoms with Crippen LogP contribution < -0.4 is 5.32 Å². The fraction of sp³-hybridized carbons (Fsp3) is 0.533. The number of esters is 1. The fourth-order valence-corrected chi connectivity index (χ4v) is 4.16. The van der Waals surface area contributed by atoms with E-state index >= 15 is 0 Å². The summed E-state index contributed by atoms with van der Waals surface area (Å²) in [4.78, 5) is 22.2. The molecule has 1 saturated carbocycles. The zero-order valence-electron chi connectivity index (χ0n) is 12.6. The van der Waals surface area contributed by atoms with Crippen molar-refractivity contribution in [2.45, 2.75) is 45.1 Å². The monoisotopic (exact) mass is 339 g/mol. The maximum atomic E-state index is 12.5. The van der Waals surface area contributed by atoms with Crippen LogP contribution in [0.5, 0.6) is 0 Å². The molecule has 0 amide bonds. The molecule has 1 aliphatic rings. The molecule has 0 aromatic carbocycles. The number of anilines is 1. The molecule has 0 spiro atoms. The van der Waals surface area contributed by atoms with Crippen LogP contribution in [0.25, 0.3) is 10.2 Å². The number of carbonyl (C=O) groups is 1. The average molecular weight is 340 g/mol. The molecule has 7 heteroatoms. The highest BCUT2D eigenvalue weighted by Gasteiger charge is 2.24. The van der Waals surface area contributed by atoms with Gasteiger partial charge in [0.2, 0.25) is 5.28 Å². The smallest absolute Gasteiger partial charge is 0.348 e. The molecule has 2 aromatic heterocycles. The lowest BCUT2D eigenvalue weighted by molar-refractivity contribution is 0.0216. The van der Waals surface area contributed by atoms with Gasteiger partial charge in [0, 0.05) is 7.05 Å². The number of thiophene rings is 1. The average Bonchev–Trinajstić information content (AvgIpc) is 2.84. The largest absolute Gasteiger partial charge is 0.458 e. The Morgan fingerprint density at radius 3 is 2.73 bits per heavy atom. The Bertz CT molecular complexity index is 710. The number of aromatic nitrogens is 2. The molecule has 1 N–H and O–H groups in total. The number of hydrogen-bond acceptors (Lipinski definition) is 6. The molecule has 5 nitrogen and oxygen atoms in total. The third-order valence-electron chi connectivity index (χ3n) is 4.01. The second-order valence-corrected chi connectivity index (χ2v) is 6.83. The maximum Gasteiger partial charge on any atom is 0.348 e. The van der Waals surface area contributed by atoms with Crippen LogP contribution in [0.2, 0.25) is 5.28 Å². The van der Waals surface area contributed by atoms with Gasteiger partial charge < -0.3 is 10.1 Å². The van der Waals surface area contributed by atoms with E-state index in [1.807, 2.05) is 6.92 Å². The number of rotatable bonds is 3. The SMILES string of the molecule is CNc1nc(Cl)nc2sc(C(=O)OC3CCCCC3)c(C)c12. The van der Waals surface area contributed by atoms with Gasteiger partial charge in [0.05, 0.1) is 5.39 Å². The van der Waals surface area contributed by atoms with Gasteiger partial charge in [-0.15, -0.1) is 11.3 Å². The summed E-state index contributed by atoms with van der Waals surface area (Å²) in [5.41, 5.74) is 0.849. The molecule has 0 bridgehead atoms. The van der Waals surface area contributed by atoms with Gasteiger partial charge in [-0.05, 0) is 49.8 Å². The van der Waals surface area contributed by atoms with Crippen LogP contribution in [-0.4, -0.2) is 29.1 Å². The Labute approximate surface area is 138 Å². The molecule has 2 heterocycles. The minimum absolute atomic E-state index is 0.0457. The van der Waals surface area contributed by atoms with Gasteiger partial charge in [0.25, 0.3) is 0 Å². The van der Waals surface area contributed by atoms with Crippen LogP contribution in [0.4, 0.5) is 5.82 Å². The normalized spacial score (nSPS) is 16.0. The van der Waals surface area contributed by atoms with Crippen molar-refractivity contribution in [3.8, 4) is 0 Å². The molecule has 1 aliphatic carbocycles. The second-order valence-electron chi connectivity index (χ2n) is 5.49. The number of carbonyl (C=O) groups excluding carboxylic acids is 1. The number of hydrogen-bond donors (Lipinski definition) is 1. The highest BCUT2D eigenvalue weighted by Crippen LogP contribution is 2.35. The first kappa shape index (κ1) is 15.5. The van der Waals surface area contributed by atoms with Crippen molar-refractivity contribution >= 4 is 44.9 Å². The standard InChI is InChI=1S/C15H18ClN3O2S/c1-8-10-12(17-2)18-15(16)19-13(10)22-11(8)14(20)21-9-6-4-3-5-7-9/h9H,3-7H2,1-2H3,(H,17,18,19). The van der Waals surface area contributed by atoms with E-state index in [9.17, 15) is 4.79 Å². The number of nitrogens with zero attached hydrogens (tertiary/aromatic N) is 2. The van der Waals surface area contributed by atoms with Crippen molar-refractivity contribution in [2.24, 2.45) is 0 Å². The van der Waals surface area contributed by atoms with Crippen LogP contribution in [0.15, 0.2) is 0 Å². The third-order valence-corrected chi connectivity index (χ3v) is 5.35. The molecule has 0 aliphatic heterocycles. The molecule has 0 atom stereocenters. The molecule has 0 unspecified atom stereocenters. The van der Waals surface area contributed by atoms with Crippen molar-refractivity contribution in [3.63, 3.8) is 0 Å². The van der Waals surface area contributed by atoms with Gasteiger partial charge in [0.15, 0.2) is 0 Å². The molecule has 0 radical (unpaired) electrons. The van der Waals surface area contributed by atoms with Gasteiger partial charge in [-0.25, -0.2) is 14.8 Å². The summed E-state index contributed by atoms with van der Waals surface area (Å²) in [6, 6.07) is 0. The van der Waals surface area contributed by atoms with Crippen molar-refractivity contribution in [3.05, 3.63) is 15.7 Å². The number of halogens is 1. The third kappa shape index (κ3) is 2.90. The van der Waals surface area contributed by atoms with E-state index in [0.717, 1.165) is 36.6 Å². The topological polar surface area (TPSA) is 64.1 Å². The van der Waals surface area contributed by atoms with E-state index < -0.39 is 0 Å². The number of ether oxygens (including phenoxy) is 1. The van der Waals surface area contributed by atoms with E-state index in [2.05, 4.69) is 15.3 Å². The summed E-state index contributed by atoms with van der Waals surface area (Å²) >= 11 is 7.24. The number of aryl methyl sites for hydroxylation is 1. The molecular formula is C15H18ClN3O2S. The first-order valence-electron chi connectivity index (χ1n) is 7.45. The van der Waals surface area contributed by atoms with Crippen LogP contribution in [0, 0.1) is 6.92 Å². The van der Waals surface area contributed by atoms with Crippen LogP contribution in [0.3, 0.4) is 0 Å². The van der Waals surface area contributed by atoms with Gasteiger partial charge >= 0.3 is 5.97 Å². The summed E-state index contributed by atoms with van der Waals surface area (Å²) in [7, 11) is 1.77. The summed E-state index contributed by atoms with van der Waals surface area (Å²) in [6.45, 7) is 1.90. The Kier molecular flexibility index (Phi) is 4.49. The molecule has 0 saturated heterocycles. The summed E-state index contributed by atoms with van der Waals surface area (Å²) in [5.74, 6) is 0.381.